The van der Waals surface area contributed by atoms with Gasteiger partial charge in [0.05, 0.1) is 35.3 Å². The number of urea groups is 1. The highest BCUT2D eigenvalue weighted by molar-refractivity contribution is 5.90. The van der Waals surface area contributed by atoms with Crippen LogP contribution in [0.2, 0.25) is 0 Å². The van der Waals surface area contributed by atoms with E-state index in [0.29, 0.717) is 0 Å². The number of aromatic nitrogens is 3. The maximum atomic E-state index is 14.5. The van der Waals surface area contributed by atoms with Crippen molar-refractivity contribution < 1.29 is 13.6 Å². The molecular formula is C29H23F2N5O. The fourth-order valence-corrected chi connectivity index (χ4v) is 4.92. The highest BCUT2D eigenvalue weighted by Gasteiger charge is 2.36. The fourth-order valence-electron chi connectivity index (χ4n) is 4.92. The smallest absolute Gasteiger partial charge is 0.307 e. The molecule has 0 fully saturated rings. The van der Waals surface area contributed by atoms with Crippen LogP contribution in [0.5, 0.6) is 0 Å². The Morgan fingerprint density at radius 2 is 1.68 bits per heavy atom. The lowest BCUT2D eigenvalue weighted by Gasteiger charge is -2.31. The summed E-state index contributed by atoms with van der Waals surface area (Å²) in [5.41, 5.74) is 4.03. The predicted molar refractivity (Wildman–Crippen MR) is 137 cm³/mol. The summed E-state index contributed by atoms with van der Waals surface area (Å²) in [4.78, 5) is 15.4. The molecule has 8 heteroatoms. The minimum atomic E-state index is -0.710. The standard InChI is InChI=1S/C29H23F2N5O/c1-19-23-18-35(29(37)32-25-17-21(30)14-15-24(25)31)27(20-9-4-2-5-10-20)26-13-8-16-34(26)28(23)36(33-19)22-11-6-3-7-12-22/h2-17,27H,18H2,1H3,(H,32,37)/t27-/m1/s1. The topological polar surface area (TPSA) is 55.1 Å². The summed E-state index contributed by atoms with van der Waals surface area (Å²) >= 11 is 0. The Bertz CT molecular complexity index is 1590. The largest absolute Gasteiger partial charge is 0.323 e. The third kappa shape index (κ3) is 3.96. The van der Waals surface area contributed by atoms with E-state index in [9.17, 15) is 13.6 Å². The molecule has 1 aliphatic rings. The number of anilines is 1. The number of carbonyl (C=O) groups excluding carboxylic acids is 1. The molecule has 6 rings (SSSR count). The van der Waals surface area contributed by atoms with Crippen LogP contribution in [-0.4, -0.2) is 25.3 Å². The number of fused-ring (bicyclic) bond motifs is 3. The Morgan fingerprint density at radius 1 is 0.946 bits per heavy atom. The molecule has 1 atom stereocenters. The fraction of sp³-hybridized carbons (Fsp3) is 0.103. The van der Waals surface area contributed by atoms with Gasteiger partial charge in [0.1, 0.15) is 17.5 Å². The first-order chi connectivity index (χ1) is 18.0. The molecule has 1 aliphatic heterocycles. The molecule has 6 nitrogen and oxygen atoms in total. The number of rotatable bonds is 3. The summed E-state index contributed by atoms with van der Waals surface area (Å²) in [6.07, 6.45) is 1.96. The molecule has 0 aliphatic carbocycles. The molecule has 0 bridgehead atoms. The monoisotopic (exact) mass is 495 g/mol. The van der Waals surface area contributed by atoms with Gasteiger partial charge in [0.25, 0.3) is 0 Å². The van der Waals surface area contributed by atoms with E-state index in [1.165, 1.54) is 0 Å². The Kier molecular flexibility index (Phi) is 5.56. The number of nitrogens with one attached hydrogen (secondary N) is 1. The van der Waals surface area contributed by atoms with Gasteiger partial charge in [-0.1, -0.05) is 48.5 Å². The second-order valence-corrected chi connectivity index (χ2v) is 8.93. The van der Waals surface area contributed by atoms with E-state index in [2.05, 4.69) is 9.88 Å². The second kappa shape index (κ2) is 9.05. The first-order valence-corrected chi connectivity index (χ1v) is 11.9. The van der Waals surface area contributed by atoms with Gasteiger partial charge in [-0.05, 0) is 48.9 Å². The molecule has 184 valence electrons. The van der Waals surface area contributed by atoms with E-state index in [-0.39, 0.29) is 12.2 Å². The zero-order valence-corrected chi connectivity index (χ0v) is 20.0. The zero-order chi connectivity index (χ0) is 25.5. The molecular weight excluding hydrogens is 472 g/mol. The number of hydrogen-bond donors (Lipinski definition) is 1. The van der Waals surface area contributed by atoms with Gasteiger partial charge in [0, 0.05) is 17.8 Å². The lowest BCUT2D eigenvalue weighted by atomic mass is 10.0. The van der Waals surface area contributed by atoms with Crippen LogP contribution in [0.25, 0.3) is 11.5 Å². The van der Waals surface area contributed by atoms with Gasteiger partial charge in [0.15, 0.2) is 0 Å². The van der Waals surface area contributed by atoms with Gasteiger partial charge in [-0.15, -0.1) is 0 Å². The van der Waals surface area contributed by atoms with Gasteiger partial charge < -0.3 is 14.8 Å². The van der Waals surface area contributed by atoms with Crippen molar-refractivity contribution in [3.05, 3.63) is 131 Å². The number of halogens is 2. The van der Waals surface area contributed by atoms with Gasteiger partial charge in [-0.3, -0.25) is 0 Å². The van der Waals surface area contributed by atoms with Crippen LogP contribution in [0, 0.1) is 18.6 Å². The van der Waals surface area contributed by atoms with Crippen LogP contribution in [-0.2, 0) is 6.54 Å². The van der Waals surface area contributed by atoms with Crippen molar-refractivity contribution in [3.8, 4) is 11.5 Å². The van der Waals surface area contributed by atoms with E-state index < -0.39 is 23.7 Å². The third-order valence-corrected chi connectivity index (χ3v) is 6.63. The maximum absolute atomic E-state index is 14.5. The van der Waals surface area contributed by atoms with Crippen molar-refractivity contribution in [2.75, 3.05) is 5.32 Å². The molecule has 0 unspecified atom stereocenters. The molecule has 2 aromatic heterocycles. The lowest BCUT2D eigenvalue weighted by Crippen LogP contribution is -2.38. The molecule has 0 saturated heterocycles. The van der Waals surface area contributed by atoms with Crippen LogP contribution >= 0.6 is 0 Å². The maximum Gasteiger partial charge on any atom is 0.323 e. The summed E-state index contributed by atoms with van der Waals surface area (Å²) in [6.45, 7) is 2.12. The van der Waals surface area contributed by atoms with Crippen LogP contribution in [0.3, 0.4) is 0 Å². The van der Waals surface area contributed by atoms with Gasteiger partial charge in [-0.25, -0.2) is 18.3 Å². The van der Waals surface area contributed by atoms with Crippen molar-refractivity contribution in [2.24, 2.45) is 0 Å². The number of aryl methyl sites for hydroxylation is 1. The summed E-state index contributed by atoms with van der Waals surface area (Å²) in [5.74, 6) is -0.516. The Morgan fingerprint density at radius 3 is 2.43 bits per heavy atom. The number of para-hydroxylation sites is 1. The molecule has 1 N–H and O–H groups in total. The molecule has 5 aromatic rings. The Balaban J connectivity index is 1.53. The van der Waals surface area contributed by atoms with E-state index in [0.717, 1.165) is 52.2 Å². The van der Waals surface area contributed by atoms with Crippen molar-refractivity contribution in [3.63, 3.8) is 0 Å². The number of amides is 2. The van der Waals surface area contributed by atoms with Crippen LogP contribution in [0.4, 0.5) is 19.3 Å². The van der Waals surface area contributed by atoms with Gasteiger partial charge >= 0.3 is 6.03 Å². The highest BCUT2D eigenvalue weighted by atomic mass is 19.1. The Hall–Kier alpha value is -4.72. The van der Waals surface area contributed by atoms with Gasteiger partial charge in [-0.2, -0.15) is 5.10 Å². The quantitative estimate of drug-likeness (QED) is 0.316. The van der Waals surface area contributed by atoms with Crippen molar-refractivity contribution in [1.29, 1.82) is 0 Å². The van der Waals surface area contributed by atoms with E-state index in [1.54, 1.807) is 4.90 Å². The summed E-state index contributed by atoms with van der Waals surface area (Å²) in [7, 11) is 0. The van der Waals surface area contributed by atoms with Crippen molar-refractivity contribution in [2.45, 2.75) is 19.5 Å². The van der Waals surface area contributed by atoms with Crippen LogP contribution < -0.4 is 5.32 Å². The first-order valence-electron chi connectivity index (χ1n) is 11.9. The third-order valence-electron chi connectivity index (χ3n) is 6.63. The number of carbonyl (C=O) groups is 1. The van der Waals surface area contributed by atoms with Crippen molar-refractivity contribution in [1.82, 2.24) is 19.2 Å². The molecule has 37 heavy (non-hydrogen) atoms. The average Bonchev–Trinajstić information content (AvgIpc) is 3.47. The van der Waals surface area contributed by atoms with Gasteiger partial charge in [0.2, 0.25) is 0 Å². The summed E-state index contributed by atoms with van der Waals surface area (Å²) < 4.78 is 32.3. The molecule has 0 saturated carbocycles. The van der Waals surface area contributed by atoms with Crippen molar-refractivity contribution >= 4 is 11.7 Å². The minimum absolute atomic E-state index is 0.206. The molecule has 3 heterocycles. The first kappa shape index (κ1) is 22.7. The van der Waals surface area contributed by atoms with Crippen LogP contribution in [0.1, 0.15) is 28.6 Å². The number of hydrogen-bond acceptors (Lipinski definition) is 2. The predicted octanol–water partition coefficient (Wildman–Crippen LogP) is 6.39. The second-order valence-electron chi connectivity index (χ2n) is 8.93. The minimum Gasteiger partial charge on any atom is -0.307 e. The molecule has 3 aromatic carbocycles. The molecule has 0 radical (unpaired) electrons. The normalized spacial score (nSPS) is 14.6. The summed E-state index contributed by atoms with van der Waals surface area (Å²) in [6, 6.07) is 25.3. The van der Waals surface area contributed by atoms with Crippen LogP contribution in [0.15, 0.2) is 97.2 Å². The number of benzene rings is 3. The molecule has 0 spiro atoms. The highest BCUT2D eigenvalue weighted by Crippen LogP contribution is 2.38. The van der Waals surface area contributed by atoms with E-state index in [1.807, 2.05) is 90.6 Å². The number of nitrogens with zero attached hydrogens (tertiary/aromatic N) is 4. The average molecular weight is 496 g/mol. The van der Waals surface area contributed by atoms with E-state index >= 15 is 0 Å². The molecule has 2 amide bonds. The SMILES string of the molecule is Cc1nn(-c2ccccc2)c2c1CN(C(=O)Nc1cc(F)ccc1F)[C@H](c1ccccc1)c1cccn1-2. The Labute approximate surface area is 212 Å². The van der Waals surface area contributed by atoms with E-state index in [4.69, 9.17) is 5.10 Å². The lowest BCUT2D eigenvalue weighted by molar-refractivity contribution is 0.194. The summed E-state index contributed by atoms with van der Waals surface area (Å²) in [5, 5.41) is 7.41. The zero-order valence-electron chi connectivity index (χ0n) is 20.0.